The minimum atomic E-state index is 0.592. The van der Waals surface area contributed by atoms with Crippen molar-refractivity contribution in [2.45, 2.75) is 52.0 Å². The van der Waals surface area contributed by atoms with Gasteiger partial charge in [-0.1, -0.05) is 38.9 Å². The van der Waals surface area contributed by atoms with Gasteiger partial charge in [0, 0.05) is 18.5 Å². The molecule has 94 valence electrons. The predicted molar refractivity (Wildman–Crippen MR) is 73.8 cm³/mol. The lowest BCUT2D eigenvalue weighted by molar-refractivity contribution is 0.619. The lowest BCUT2D eigenvalue weighted by atomic mass is 10.1. The largest absolute Gasteiger partial charge is 0.369 e. The van der Waals surface area contributed by atoms with E-state index < -0.39 is 0 Å². The molecule has 1 aromatic heterocycles. The van der Waals surface area contributed by atoms with E-state index in [1.54, 1.807) is 0 Å². The topological polar surface area (TPSA) is 40.7 Å². The highest BCUT2D eigenvalue weighted by Crippen LogP contribution is 2.21. The van der Waals surface area contributed by atoms with Crippen molar-refractivity contribution in [2.75, 3.05) is 5.32 Å². The van der Waals surface area contributed by atoms with Crippen molar-refractivity contribution in [3.05, 3.63) is 16.5 Å². The molecule has 1 aromatic rings. The summed E-state index contributed by atoms with van der Waals surface area (Å²) in [5.74, 6) is 2.62. The number of aromatic amines is 1. The van der Waals surface area contributed by atoms with E-state index in [2.05, 4.69) is 29.1 Å². The van der Waals surface area contributed by atoms with Crippen LogP contribution in [0.1, 0.15) is 45.4 Å². The Morgan fingerprint density at radius 2 is 2.18 bits per heavy atom. The van der Waals surface area contributed by atoms with Crippen molar-refractivity contribution in [2.24, 2.45) is 5.92 Å². The Morgan fingerprint density at radius 1 is 1.47 bits per heavy atom. The molecule has 1 saturated carbocycles. The Morgan fingerprint density at radius 3 is 2.82 bits per heavy atom. The second-order valence-corrected chi connectivity index (χ2v) is 5.72. The molecule has 0 saturated heterocycles. The molecule has 17 heavy (non-hydrogen) atoms. The van der Waals surface area contributed by atoms with Crippen molar-refractivity contribution in [3.8, 4) is 0 Å². The van der Waals surface area contributed by atoms with Gasteiger partial charge in [0.25, 0.3) is 0 Å². The van der Waals surface area contributed by atoms with E-state index in [-0.39, 0.29) is 0 Å². The summed E-state index contributed by atoms with van der Waals surface area (Å²) in [6.07, 6.45) is 6.15. The Bertz CT molecular complexity index is 419. The first kappa shape index (κ1) is 12.6. The van der Waals surface area contributed by atoms with Crippen LogP contribution in [0.2, 0.25) is 0 Å². The Labute approximate surface area is 108 Å². The van der Waals surface area contributed by atoms with Crippen LogP contribution >= 0.6 is 12.2 Å². The summed E-state index contributed by atoms with van der Waals surface area (Å²) in [6, 6.07) is 2.53. The van der Waals surface area contributed by atoms with Crippen LogP contribution in [-0.2, 0) is 6.42 Å². The molecule has 2 N–H and O–H groups in total. The van der Waals surface area contributed by atoms with Gasteiger partial charge >= 0.3 is 0 Å². The molecule has 0 bridgehead atoms. The van der Waals surface area contributed by atoms with Crippen LogP contribution in [0.3, 0.4) is 0 Å². The van der Waals surface area contributed by atoms with Crippen LogP contribution in [0.5, 0.6) is 0 Å². The van der Waals surface area contributed by atoms with Gasteiger partial charge in [0.15, 0.2) is 0 Å². The third-order valence-electron chi connectivity index (χ3n) is 3.11. The number of aromatic nitrogens is 2. The van der Waals surface area contributed by atoms with Crippen LogP contribution in [0.25, 0.3) is 0 Å². The van der Waals surface area contributed by atoms with E-state index in [0.29, 0.717) is 16.6 Å². The Hall–Kier alpha value is -0.900. The first-order valence-electron chi connectivity index (χ1n) is 6.50. The Balaban J connectivity index is 2.10. The van der Waals surface area contributed by atoms with Gasteiger partial charge in [-0.05, 0) is 18.8 Å². The van der Waals surface area contributed by atoms with Crippen molar-refractivity contribution in [3.63, 3.8) is 0 Å². The molecule has 0 aliphatic heterocycles. The minimum Gasteiger partial charge on any atom is -0.369 e. The second kappa shape index (κ2) is 5.63. The predicted octanol–water partition coefficient (Wildman–Crippen LogP) is 3.69. The first-order valence-corrected chi connectivity index (χ1v) is 6.91. The molecule has 3 nitrogen and oxygen atoms in total. The smallest absolute Gasteiger partial charge is 0.131 e. The zero-order valence-corrected chi connectivity index (χ0v) is 11.4. The number of nitrogens with zero attached hydrogens (tertiary/aromatic N) is 1. The van der Waals surface area contributed by atoms with Crippen molar-refractivity contribution < 1.29 is 0 Å². The number of anilines is 1. The molecular formula is C13H21N3S. The van der Waals surface area contributed by atoms with Crippen LogP contribution in [0.4, 0.5) is 5.82 Å². The van der Waals surface area contributed by atoms with Gasteiger partial charge < -0.3 is 10.3 Å². The van der Waals surface area contributed by atoms with Crippen LogP contribution in [-0.4, -0.2) is 16.0 Å². The highest BCUT2D eigenvalue weighted by atomic mass is 32.1. The summed E-state index contributed by atoms with van der Waals surface area (Å²) in [5.41, 5.74) is 0. The van der Waals surface area contributed by atoms with Crippen LogP contribution < -0.4 is 5.32 Å². The molecule has 0 atom stereocenters. The highest BCUT2D eigenvalue weighted by Gasteiger charge is 2.14. The first-order chi connectivity index (χ1) is 8.13. The molecule has 0 spiro atoms. The lowest BCUT2D eigenvalue weighted by Gasteiger charge is -2.14. The van der Waals surface area contributed by atoms with Gasteiger partial charge in [-0.25, -0.2) is 4.98 Å². The molecule has 0 radical (unpaired) electrons. The number of hydrogen-bond acceptors (Lipinski definition) is 3. The molecule has 1 fully saturated rings. The second-order valence-electron chi connectivity index (χ2n) is 5.30. The van der Waals surface area contributed by atoms with E-state index in [0.717, 1.165) is 18.1 Å². The Kier molecular flexibility index (Phi) is 4.15. The summed E-state index contributed by atoms with van der Waals surface area (Å²) >= 11 is 5.21. The van der Waals surface area contributed by atoms with Crippen molar-refractivity contribution in [1.29, 1.82) is 0 Å². The minimum absolute atomic E-state index is 0.592. The van der Waals surface area contributed by atoms with Gasteiger partial charge in [-0.3, -0.25) is 0 Å². The lowest BCUT2D eigenvalue weighted by Crippen LogP contribution is -2.16. The molecule has 2 rings (SSSR count). The maximum absolute atomic E-state index is 5.21. The number of nitrogens with one attached hydrogen (secondary N) is 2. The van der Waals surface area contributed by atoms with Gasteiger partial charge in [0.2, 0.25) is 0 Å². The maximum Gasteiger partial charge on any atom is 0.131 e. The third kappa shape index (κ3) is 3.80. The average Bonchev–Trinajstić information content (AvgIpc) is 2.67. The highest BCUT2D eigenvalue weighted by molar-refractivity contribution is 7.71. The monoisotopic (exact) mass is 251 g/mol. The summed E-state index contributed by atoms with van der Waals surface area (Å²) < 4.78 is 0.680. The zero-order valence-electron chi connectivity index (χ0n) is 10.6. The molecular weight excluding hydrogens is 230 g/mol. The molecule has 1 aliphatic carbocycles. The van der Waals surface area contributed by atoms with E-state index in [1.165, 1.54) is 25.7 Å². The van der Waals surface area contributed by atoms with Gasteiger partial charge in [0.05, 0.1) is 0 Å². The summed E-state index contributed by atoms with van der Waals surface area (Å²) in [7, 11) is 0. The van der Waals surface area contributed by atoms with E-state index >= 15 is 0 Å². The quantitative estimate of drug-likeness (QED) is 0.802. The number of H-pyrrole nitrogens is 1. The molecule has 4 heteroatoms. The fourth-order valence-electron chi connectivity index (χ4n) is 2.36. The molecule has 0 aromatic carbocycles. The van der Waals surface area contributed by atoms with Gasteiger partial charge in [-0.15, -0.1) is 0 Å². The average molecular weight is 251 g/mol. The SMILES string of the molecule is CC(C)Cc1nc(=S)cc(NC2CCCC2)[nH]1. The number of rotatable bonds is 4. The van der Waals surface area contributed by atoms with Crippen LogP contribution in [0, 0.1) is 10.6 Å². The molecule has 0 unspecified atom stereocenters. The summed E-state index contributed by atoms with van der Waals surface area (Å²) in [5, 5.41) is 3.53. The molecule has 1 heterocycles. The maximum atomic E-state index is 5.21. The number of hydrogen-bond donors (Lipinski definition) is 2. The molecule has 0 amide bonds. The normalized spacial score (nSPS) is 16.6. The van der Waals surface area contributed by atoms with Crippen molar-refractivity contribution >= 4 is 18.0 Å². The van der Waals surface area contributed by atoms with Crippen molar-refractivity contribution in [1.82, 2.24) is 9.97 Å². The fourth-order valence-corrected chi connectivity index (χ4v) is 2.59. The van der Waals surface area contributed by atoms with Crippen LogP contribution in [0.15, 0.2) is 6.07 Å². The van der Waals surface area contributed by atoms with Gasteiger partial charge in [-0.2, -0.15) is 0 Å². The summed E-state index contributed by atoms with van der Waals surface area (Å²) in [6.45, 7) is 4.38. The molecule has 1 aliphatic rings. The third-order valence-corrected chi connectivity index (χ3v) is 3.32. The fraction of sp³-hybridized carbons (Fsp3) is 0.692. The zero-order chi connectivity index (χ0) is 12.3. The van der Waals surface area contributed by atoms with E-state index in [4.69, 9.17) is 12.2 Å². The summed E-state index contributed by atoms with van der Waals surface area (Å²) in [4.78, 5) is 7.72. The van der Waals surface area contributed by atoms with E-state index in [1.807, 2.05) is 6.07 Å². The van der Waals surface area contributed by atoms with E-state index in [9.17, 15) is 0 Å². The van der Waals surface area contributed by atoms with Gasteiger partial charge in [0.1, 0.15) is 16.3 Å². The standard InChI is InChI=1S/C13H21N3S/c1-9(2)7-11-15-12(8-13(17)16-11)14-10-5-3-4-6-10/h8-10H,3-7H2,1-2H3,(H2,14,15,16,17).